The molecule has 2 atom stereocenters. The van der Waals surface area contributed by atoms with Crippen LogP contribution in [-0.2, 0) is 9.53 Å². The second kappa shape index (κ2) is 6.64. The van der Waals surface area contributed by atoms with Crippen molar-refractivity contribution in [2.24, 2.45) is 5.92 Å². The number of phenolic OH excluding ortho intramolecular Hbond substituents is 1. The zero-order chi connectivity index (χ0) is 14.5. The van der Waals surface area contributed by atoms with Crippen LogP contribution < -0.4 is 4.90 Å². The second-order valence-corrected chi connectivity index (χ2v) is 5.23. The van der Waals surface area contributed by atoms with Gasteiger partial charge >= 0.3 is 5.97 Å². The van der Waals surface area contributed by atoms with Crippen molar-refractivity contribution < 1.29 is 14.6 Å². The Bertz CT molecular complexity index is 461. The molecule has 1 N–H and O–H groups in total. The summed E-state index contributed by atoms with van der Waals surface area (Å²) in [4.78, 5) is 14.1. The molecule has 0 aliphatic carbocycles. The summed E-state index contributed by atoms with van der Waals surface area (Å²) in [6, 6.07) is 7.69. The molecule has 0 saturated carbocycles. The van der Waals surface area contributed by atoms with E-state index in [0.717, 1.165) is 24.9 Å². The van der Waals surface area contributed by atoms with Gasteiger partial charge in [-0.05, 0) is 38.3 Å². The van der Waals surface area contributed by atoms with Crippen molar-refractivity contribution in [3.8, 4) is 5.75 Å². The highest BCUT2D eigenvalue weighted by molar-refractivity contribution is 5.74. The zero-order valence-electron chi connectivity index (χ0n) is 12.2. The maximum atomic E-state index is 11.9. The fourth-order valence-corrected chi connectivity index (χ4v) is 2.91. The number of hydrogen-bond acceptors (Lipinski definition) is 4. The number of carbonyl (C=O) groups excluding carboxylic acids is 1. The number of piperidine rings is 1. The number of rotatable bonds is 4. The molecule has 2 rings (SSSR count). The number of carbonyl (C=O) groups is 1. The first-order valence-electron chi connectivity index (χ1n) is 7.38. The smallest absolute Gasteiger partial charge is 0.310 e. The lowest BCUT2D eigenvalue weighted by molar-refractivity contribution is -0.148. The number of anilines is 1. The lowest BCUT2D eigenvalue weighted by Gasteiger charge is -2.40. The van der Waals surface area contributed by atoms with Crippen molar-refractivity contribution >= 4 is 11.7 Å². The van der Waals surface area contributed by atoms with Crippen LogP contribution in [0.5, 0.6) is 5.75 Å². The topological polar surface area (TPSA) is 49.8 Å². The van der Waals surface area contributed by atoms with Crippen molar-refractivity contribution in [3.05, 3.63) is 24.3 Å². The first-order chi connectivity index (χ1) is 9.67. The van der Waals surface area contributed by atoms with E-state index in [1.807, 2.05) is 25.1 Å². The van der Waals surface area contributed by atoms with Gasteiger partial charge in [-0.25, -0.2) is 0 Å². The molecule has 0 spiro atoms. The Kier molecular flexibility index (Phi) is 4.88. The Morgan fingerprint density at radius 1 is 1.35 bits per heavy atom. The number of para-hydroxylation sites is 2. The molecule has 0 amide bonds. The third-order valence-electron chi connectivity index (χ3n) is 3.99. The summed E-state index contributed by atoms with van der Waals surface area (Å²) in [7, 11) is 0. The lowest BCUT2D eigenvalue weighted by atomic mass is 9.91. The molecule has 1 aliphatic rings. The van der Waals surface area contributed by atoms with Gasteiger partial charge in [-0.15, -0.1) is 0 Å². The van der Waals surface area contributed by atoms with Crippen LogP contribution in [0.1, 0.15) is 33.1 Å². The van der Waals surface area contributed by atoms with Crippen molar-refractivity contribution in [1.29, 1.82) is 0 Å². The van der Waals surface area contributed by atoms with E-state index in [9.17, 15) is 9.90 Å². The van der Waals surface area contributed by atoms with Gasteiger partial charge < -0.3 is 14.7 Å². The summed E-state index contributed by atoms with van der Waals surface area (Å²) in [5.41, 5.74) is 0.813. The number of phenols is 1. The molecule has 1 saturated heterocycles. The lowest BCUT2D eigenvalue weighted by Crippen LogP contribution is -2.45. The molecule has 4 heteroatoms. The molecular weight excluding hydrogens is 254 g/mol. The van der Waals surface area contributed by atoms with Crippen LogP contribution in [0.25, 0.3) is 0 Å². The Morgan fingerprint density at radius 2 is 2.10 bits per heavy atom. The summed E-state index contributed by atoms with van der Waals surface area (Å²) in [6.07, 6.45) is 2.82. The molecule has 1 fully saturated rings. The van der Waals surface area contributed by atoms with Crippen LogP contribution in [0.2, 0.25) is 0 Å². The zero-order valence-corrected chi connectivity index (χ0v) is 12.2. The maximum Gasteiger partial charge on any atom is 0.310 e. The molecule has 20 heavy (non-hydrogen) atoms. The number of esters is 1. The highest BCUT2D eigenvalue weighted by Crippen LogP contribution is 2.34. The Morgan fingerprint density at radius 3 is 2.75 bits per heavy atom. The van der Waals surface area contributed by atoms with E-state index in [1.165, 1.54) is 0 Å². The van der Waals surface area contributed by atoms with Crippen molar-refractivity contribution in [1.82, 2.24) is 0 Å². The minimum atomic E-state index is -0.123. The minimum absolute atomic E-state index is 0.0997. The standard InChI is InChI=1S/C16H23NO3/c1-3-13-10-9-12(16(19)20-4-2)11-17(13)14-7-5-6-8-15(14)18/h5-8,12-13,18H,3-4,9-11H2,1-2H3/t12-,13+/m1/s1. The molecular formula is C16H23NO3. The SMILES string of the molecule is CCOC(=O)[C@@H]1CC[C@H](CC)N(c2ccccc2O)C1. The van der Waals surface area contributed by atoms with Gasteiger partial charge in [-0.2, -0.15) is 0 Å². The van der Waals surface area contributed by atoms with Gasteiger partial charge in [-0.1, -0.05) is 19.1 Å². The molecule has 1 heterocycles. The van der Waals surface area contributed by atoms with Crippen LogP contribution in [0.4, 0.5) is 5.69 Å². The Labute approximate surface area is 120 Å². The fraction of sp³-hybridized carbons (Fsp3) is 0.562. The van der Waals surface area contributed by atoms with Crippen LogP contribution in [0.15, 0.2) is 24.3 Å². The summed E-state index contributed by atoms with van der Waals surface area (Å²) >= 11 is 0. The highest BCUT2D eigenvalue weighted by atomic mass is 16.5. The first-order valence-corrected chi connectivity index (χ1v) is 7.38. The highest BCUT2D eigenvalue weighted by Gasteiger charge is 2.33. The fourth-order valence-electron chi connectivity index (χ4n) is 2.91. The van der Waals surface area contributed by atoms with Gasteiger partial charge in [0.15, 0.2) is 0 Å². The predicted octanol–water partition coefficient (Wildman–Crippen LogP) is 2.95. The number of nitrogens with zero attached hydrogens (tertiary/aromatic N) is 1. The van der Waals surface area contributed by atoms with Gasteiger partial charge in [0.25, 0.3) is 0 Å². The third kappa shape index (κ3) is 3.06. The average Bonchev–Trinajstić information content (AvgIpc) is 2.47. The third-order valence-corrected chi connectivity index (χ3v) is 3.99. The molecule has 0 radical (unpaired) electrons. The summed E-state index contributed by atoms with van der Waals surface area (Å²) in [6.45, 7) is 5.01. The van der Waals surface area contributed by atoms with Gasteiger partial charge in [0.05, 0.1) is 18.2 Å². The quantitative estimate of drug-likeness (QED) is 0.860. The first kappa shape index (κ1) is 14.7. The molecule has 1 aliphatic heterocycles. The number of ether oxygens (including phenoxy) is 1. The molecule has 0 unspecified atom stereocenters. The number of benzene rings is 1. The van der Waals surface area contributed by atoms with Crippen molar-refractivity contribution in [2.75, 3.05) is 18.1 Å². The monoisotopic (exact) mass is 277 g/mol. The van der Waals surface area contributed by atoms with E-state index < -0.39 is 0 Å². The molecule has 1 aromatic rings. The van der Waals surface area contributed by atoms with E-state index >= 15 is 0 Å². The largest absolute Gasteiger partial charge is 0.506 e. The molecule has 0 aromatic heterocycles. The van der Waals surface area contributed by atoms with Crippen LogP contribution in [0.3, 0.4) is 0 Å². The molecule has 0 bridgehead atoms. The summed E-state index contributed by atoms with van der Waals surface area (Å²) < 4.78 is 5.14. The van der Waals surface area contributed by atoms with E-state index in [0.29, 0.717) is 19.2 Å². The van der Waals surface area contributed by atoms with E-state index in [4.69, 9.17) is 4.74 Å². The maximum absolute atomic E-state index is 11.9. The Hall–Kier alpha value is -1.71. The minimum Gasteiger partial charge on any atom is -0.506 e. The molecule has 110 valence electrons. The van der Waals surface area contributed by atoms with Crippen LogP contribution >= 0.6 is 0 Å². The van der Waals surface area contributed by atoms with Crippen molar-refractivity contribution in [3.63, 3.8) is 0 Å². The predicted molar refractivity (Wildman–Crippen MR) is 78.9 cm³/mol. The van der Waals surface area contributed by atoms with Crippen LogP contribution in [0, 0.1) is 5.92 Å². The molecule has 4 nitrogen and oxygen atoms in total. The second-order valence-electron chi connectivity index (χ2n) is 5.23. The van der Waals surface area contributed by atoms with E-state index in [2.05, 4.69) is 11.8 Å². The number of aromatic hydroxyl groups is 1. The van der Waals surface area contributed by atoms with Crippen molar-refractivity contribution in [2.45, 2.75) is 39.2 Å². The summed E-state index contributed by atoms with van der Waals surface area (Å²) in [5.74, 6) is 0.0512. The van der Waals surface area contributed by atoms with Crippen LogP contribution in [-0.4, -0.2) is 30.3 Å². The number of hydrogen-bond donors (Lipinski definition) is 1. The Balaban J connectivity index is 2.19. The summed E-state index contributed by atoms with van der Waals surface area (Å²) in [5, 5.41) is 10.0. The van der Waals surface area contributed by atoms with Gasteiger partial charge in [0, 0.05) is 12.6 Å². The van der Waals surface area contributed by atoms with E-state index in [1.54, 1.807) is 6.07 Å². The van der Waals surface area contributed by atoms with Gasteiger partial charge in [0.2, 0.25) is 0 Å². The van der Waals surface area contributed by atoms with Gasteiger partial charge in [-0.3, -0.25) is 4.79 Å². The van der Waals surface area contributed by atoms with Gasteiger partial charge in [0.1, 0.15) is 5.75 Å². The molecule has 1 aromatic carbocycles. The average molecular weight is 277 g/mol. The van der Waals surface area contributed by atoms with E-state index in [-0.39, 0.29) is 17.6 Å². The normalized spacial score (nSPS) is 22.6.